The lowest BCUT2D eigenvalue weighted by molar-refractivity contribution is -0.146. The van der Waals surface area contributed by atoms with E-state index in [9.17, 15) is 14.4 Å². The van der Waals surface area contributed by atoms with Crippen LogP contribution in [0.4, 0.5) is 0 Å². The van der Waals surface area contributed by atoms with Crippen LogP contribution in [0.25, 0.3) is 0 Å². The fourth-order valence-corrected chi connectivity index (χ4v) is 2.87. The van der Waals surface area contributed by atoms with E-state index in [0.717, 1.165) is 10.9 Å². The molecule has 1 aromatic rings. The molecule has 1 saturated carbocycles. The quantitative estimate of drug-likeness (QED) is 0.795. The van der Waals surface area contributed by atoms with Gasteiger partial charge in [-0.1, -0.05) is 34.5 Å². The van der Waals surface area contributed by atoms with Gasteiger partial charge in [0.05, 0.1) is 18.4 Å². The molecule has 5 nitrogen and oxygen atoms in total. The maximum atomic E-state index is 12.0. The van der Waals surface area contributed by atoms with E-state index in [-0.39, 0.29) is 18.2 Å². The highest BCUT2D eigenvalue weighted by molar-refractivity contribution is 9.10. The third-order valence-corrected chi connectivity index (χ3v) is 4.29. The Kier molecular flexibility index (Phi) is 5.12. The highest BCUT2D eigenvalue weighted by atomic mass is 79.9. The lowest BCUT2D eigenvalue weighted by Gasteiger charge is -2.15. The van der Waals surface area contributed by atoms with Crippen LogP contribution in [-0.2, 0) is 9.59 Å². The molecule has 1 aliphatic rings. The second kappa shape index (κ2) is 6.85. The molecular weight excluding hydrogens is 338 g/mol. The third-order valence-electron chi connectivity index (χ3n) is 3.76. The van der Waals surface area contributed by atoms with Gasteiger partial charge in [0, 0.05) is 10.0 Å². The minimum atomic E-state index is -0.938. The molecule has 0 aliphatic heterocycles. The minimum Gasteiger partial charge on any atom is -0.481 e. The first-order chi connectivity index (χ1) is 9.99. The zero-order valence-electron chi connectivity index (χ0n) is 11.3. The number of carbonyl (C=O) groups is 3. The van der Waals surface area contributed by atoms with Crippen LogP contribution in [0.15, 0.2) is 28.7 Å². The third kappa shape index (κ3) is 3.91. The maximum absolute atomic E-state index is 12.0. The van der Waals surface area contributed by atoms with Gasteiger partial charge in [-0.15, -0.1) is 0 Å². The first kappa shape index (κ1) is 15.7. The number of Topliss-reactive ketones (excluding diaryl/α,β-unsaturated/α-hetero) is 1. The number of hydrogen-bond acceptors (Lipinski definition) is 3. The SMILES string of the molecule is O=C(CNC(=O)C1CCCC1C(=O)O)c1ccc(Br)cc1. The second-order valence-corrected chi connectivity index (χ2v) is 6.05. The number of carboxylic acid groups (broad SMARTS) is 1. The normalized spacial score (nSPS) is 21.0. The van der Waals surface area contributed by atoms with Gasteiger partial charge in [0.25, 0.3) is 0 Å². The van der Waals surface area contributed by atoms with Gasteiger partial charge >= 0.3 is 5.97 Å². The number of aliphatic carboxylic acids is 1. The summed E-state index contributed by atoms with van der Waals surface area (Å²) in [7, 11) is 0. The summed E-state index contributed by atoms with van der Waals surface area (Å²) in [6, 6.07) is 6.86. The highest BCUT2D eigenvalue weighted by Crippen LogP contribution is 2.31. The predicted molar refractivity (Wildman–Crippen MR) is 79.9 cm³/mol. The number of halogens is 1. The number of carboxylic acids is 1. The summed E-state index contributed by atoms with van der Waals surface area (Å²) in [6.45, 7) is -0.108. The summed E-state index contributed by atoms with van der Waals surface area (Å²) in [4.78, 5) is 35.0. The molecule has 1 fully saturated rings. The lowest BCUT2D eigenvalue weighted by atomic mass is 9.95. The van der Waals surface area contributed by atoms with Gasteiger partial charge in [-0.05, 0) is 25.0 Å². The van der Waals surface area contributed by atoms with Crippen LogP contribution < -0.4 is 5.32 Å². The Morgan fingerprint density at radius 2 is 1.76 bits per heavy atom. The van der Waals surface area contributed by atoms with E-state index < -0.39 is 17.8 Å². The Morgan fingerprint density at radius 1 is 1.14 bits per heavy atom. The molecule has 1 aliphatic carbocycles. The van der Waals surface area contributed by atoms with E-state index >= 15 is 0 Å². The molecule has 2 atom stereocenters. The number of nitrogens with one attached hydrogen (secondary N) is 1. The predicted octanol–water partition coefficient (Wildman–Crippen LogP) is 2.25. The van der Waals surface area contributed by atoms with Crippen molar-refractivity contribution in [2.45, 2.75) is 19.3 Å². The molecule has 1 amide bonds. The summed E-state index contributed by atoms with van der Waals surface area (Å²) in [5, 5.41) is 11.6. The molecule has 6 heteroatoms. The van der Waals surface area contributed by atoms with Crippen molar-refractivity contribution >= 4 is 33.6 Å². The van der Waals surface area contributed by atoms with E-state index in [0.29, 0.717) is 18.4 Å². The van der Waals surface area contributed by atoms with Gasteiger partial charge in [-0.3, -0.25) is 14.4 Å². The minimum absolute atomic E-state index is 0.108. The number of carbonyl (C=O) groups excluding carboxylic acids is 2. The Bertz CT molecular complexity index is 555. The van der Waals surface area contributed by atoms with E-state index in [2.05, 4.69) is 21.2 Å². The average molecular weight is 354 g/mol. The summed E-state index contributed by atoms with van der Waals surface area (Å²) >= 11 is 3.28. The summed E-state index contributed by atoms with van der Waals surface area (Å²) in [5.74, 6) is -2.63. The van der Waals surface area contributed by atoms with Crippen LogP contribution in [0.5, 0.6) is 0 Å². The Hall–Kier alpha value is -1.69. The smallest absolute Gasteiger partial charge is 0.307 e. The Morgan fingerprint density at radius 3 is 2.38 bits per heavy atom. The molecule has 0 saturated heterocycles. The summed E-state index contributed by atoms with van der Waals surface area (Å²) < 4.78 is 0.873. The van der Waals surface area contributed by atoms with Crippen molar-refractivity contribution in [1.82, 2.24) is 5.32 Å². The van der Waals surface area contributed by atoms with Crippen LogP contribution in [-0.4, -0.2) is 29.3 Å². The van der Waals surface area contributed by atoms with Gasteiger partial charge in [0.2, 0.25) is 5.91 Å². The first-order valence-electron chi connectivity index (χ1n) is 6.78. The molecule has 112 valence electrons. The average Bonchev–Trinajstić information content (AvgIpc) is 2.95. The van der Waals surface area contributed by atoms with Crippen molar-refractivity contribution in [1.29, 1.82) is 0 Å². The molecule has 0 spiro atoms. The van der Waals surface area contributed by atoms with Gasteiger partial charge in [-0.25, -0.2) is 0 Å². The molecule has 2 N–H and O–H groups in total. The topological polar surface area (TPSA) is 83.5 Å². The molecule has 0 radical (unpaired) electrons. The zero-order valence-corrected chi connectivity index (χ0v) is 12.9. The van der Waals surface area contributed by atoms with Crippen molar-refractivity contribution in [2.75, 3.05) is 6.54 Å². The van der Waals surface area contributed by atoms with Crippen LogP contribution in [0.3, 0.4) is 0 Å². The molecule has 0 aromatic heterocycles. The molecular formula is C15H16BrNO4. The van der Waals surface area contributed by atoms with Crippen molar-refractivity contribution in [3.8, 4) is 0 Å². The van der Waals surface area contributed by atoms with Gasteiger partial charge in [0.15, 0.2) is 5.78 Å². The van der Waals surface area contributed by atoms with Crippen LogP contribution in [0, 0.1) is 11.8 Å². The Balaban J connectivity index is 1.90. The monoisotopic (exact) mass is 353 g/mol. The first-order valence-corrected chi connectivity index (χ1v) is 7.57. The Labute approximate surface area is 130 Å². The number of amides is 1. The van der Waals surface area contributed by atoms with E-state index in [1.54, 1.807) is 24.3 Å². The van der Waals surface area contributed by atoms with Gasteiger partial charge in [-0.2, -0.15) is 0 Å². The van der Waals surface area contributed by atoms with Gasteiger partial charge < -0.3 is 10.4 Å². The van der Waals surface area contributed by atoms with Crippen molar-refractivity contribution in [3.05, 3.63) is 34.3 Å². The van der Waals surface area contributed by atoms with E-state index in [1.165, 1.54) is 0 Å². The molecule has 21 heavy (non-hydrogen) atoms. The molecule has 2 unspecified atom stereocenters. The van der Waals surface area contributed by atoms with Crippen molar-refractivity contribution < 1.29 is 19.5 Å². The molecule has 0 bridgehead atoms. The molecule has 1 aromatic carbocycles. The largest absolute Gasteiger partial charge is 0.481 e. The molecule has 2 rings (SSSR count). The van der Waals surface area contributed by atoms with Crippen LogP contribution in [0.2, 0.25) is 0 Å². The lowest BCUT2D eigenvalue weighted by Crippen LogP contribution is -2.37. The fraction of sp³-hybridized carbons (Fsp3) is 0.400. The van der Waals surface area contributed by atoms with Crippen molar-refractivity contribution in [3.63, 3.8) is 0 Å². The highest BCUT2D eigenvalue weighted by Gasteiger charge is 2.37. The van der Waals surface area contributed by atoms with E-state index in [4.69, 9.17) is 5.11 Å². The van der Waals surface area contributed by atoms with E-state index in [1.807, 2.05) is 0 Å². The van der Waals surface area contributed by atoms with Crippen molar-refractivity contribution in [2.24, 2.45) is 11.8 Å². The molecule has 0 heterocycles. The summed E-state index contributed by atoms with van der Waals surface area (Å²) in [6.07, 6.45) is 1.82. The fourth-order valence-electron chi connectivity index (χ4n) is 2.61. The number of hydrogen-bond donors (Lipinski definition) is 2. The number of ketones is 1. The number of rotatable bonds is 5. The van der Waals surface area contributed by atoms with Gasteiger partial charge in [0.1, 0.15) is 0 Å². The number of benzene rings is 1. The maximum Gasteiger partial charge on any atom is 0.307 e. The van der Waals surface area contributed by atoms with Crippen LogP contribution >= 0.6 is 15.9 Å². The standard InChI is InChI=1S/C15H16BrNO4/c16-10-6-4-9(5-7-10)13(18)8-17-14(19)11-2-1-3-12(11)15(20)21/h4-7,11-12H,1-3,8H2,(H,17,19)(H,20,21). The summed E-state index contributed by atoms with van der Waals surface area (Å²) in [5.41, 5.74) is 0.514. The zero-order chi connectivity index (χ0) is 15.4. The second-order valence-electron chi connectivity index (χ2n) is 5.13. The van der Waals surface area contributed by atoms with Crippen LogP contribution in [0.1, 0.15) is 29.6 Å².